The first-order chi connectivity index (χ1) is 9.17. The Morgan fingerprint density at radius 1 is 1.53 bits per heavy atom. The molecule has 0 aromatic heterocycles. The third-order valence-corrected chi connectivity index (χ3v) is 3.77. The van der Waals surface area contributed by atoms with Crippen molar-refractivity contribution in [3.8, 4) is 0 Å². The van der Waals surface area contributed by atoms with E-state index in [1.165, 1.54) is 12.8 Å². The van der Waals surface area contributed by atoms with Crippen molar-refractivity contribution in [1.82, 2.24) is 15.5 Å². The van der Waals surface area contributed by atoms with Crippen LogP contribution in [0.5, 0.6) is 0 Å². The van der Waals surface area contributed by atoms with Gasteiger partial charge in [0.05, 0.1) is 13.2 Å². The van der Waals surface area contributed by atoms with E-state index in [9.17, 15) is 4.79 Å². The van der Waals surface area contributed by atoms with Gasteiger partial charge in [-0.3, -0.25) is 9.69 Å². The molecule has 1 fully saturated rings. The zero-order valence-corrected chi connectivity index (χ0v) is 12.6. The van der Waals surface area contributed by atoms with Gasteiger partial charge in [-0.1, -0.05) is 6.92 Å². The number of likely N-dealkylation sites (tertiary alicyclic amines) is 1. The molecule has 0 spiro atoms. The third kappa shape index (κ3) is 6.36. The lowest BCUT2D eigenvalue weighted by Gasteiger charge is -2.35. The van der Waals surface area contributed by atoms with Crippen LogP contribution < -0.4 is 10.6 Å². The number of carbonyl (C=O) groups is 1. The number of carbonyl (C=O) groups excluding carboxylic acids is 1. The monoisotopic (exact) mass is 271 g/mol. The van der Waals surface area contributed by atoms with Crippen LogP contribution in [0, 0.1) is 5.92 Å². The Hall–Kier alpha value is -0.650. The summed E-state index contributed by atoms with van der Waals surface area (Å²) >= 11 is 0. The Balaban J connectivity index is 2.28. The first kappa shape index (κ1) is 16.4. The number of nitrogens with one attached hydrogen (secondary N) is 2. The van der Waals surface area contributed by atoms with Crippen LogP contribution in [0.1, 0.15) is 26.7 Å². The molecule has 112 valence electrons. The molecular formula is C14H29N3O2. The molecule has 2 N–H and O–H groups in total. The maximum atomic E-state index is 11.8. The SMILES string of the molecule is CCNC(C)C1CCCN(CC(=O)NCCOC)C1. The number of amides is 1. The van der Waals surface area contributed by atoms with Gasteiger partial charge in [-0.15, -0.1) is 0 Å². The fourth-order valence-electron chi connectivity index (χ4n) is 2.68. The van der Waals surface area contributed by atoms with Gasteiger partial charge in [-0.05, 0) is 38.8 Å². The molecule has 0 saturated carbocycles. The summed E-state index contributed by atoms with van der Waals surface area (Å²) in [6.07, 6.45) is 2.45. The van der Waals surface area contributed by atoms with Crippen LogP contribution in [0.15, 0.2) is 0 Å². The summed E-state index contributed by atoms with van der Waals surface area (Å²) in [6.45, 7) is 9.13. The molecule has 1 aliphatic heterocycles. The van der Waals surface area contributed by atoms with E-state index < -0.39 is 0 Å². The summed E-state index contributed by atoms with van der Waals surface area (Å²) in [7, 11) is 1.64. The van der Waals surface area contributed by atoms with Crippen molar-refractivity contribution in [3.63, 3.8) is 0 Å². The third-order valence-electron chi connectivity index (χ3n) is 3.77. The quantitative estimate of drug-likeness (QED) is 0.630. The Bertz CT molecular complexity index is 261. The highest BCUT2D eigenvalue weighted by molar-refractivity contribution is 5.77. The first-order valence-corrected chi connectivity index (χ1v) is 7.38. The van der Waals surface area contributed by atoms with Crippen LogP contribution in [0.25, 0.3) is 0 Å². The summed E-state index contributed by atoms with van der Waals surface area (Å²) in [6, 6.07) is 0.532. The van der Waals surface area contributed by atoms with E-state index in [2.05, 4.69) is 29.4 Å². The first-order valence-electron chi connectivity index (χ1n) is 7.38. The molecule has 1 aliphatic rings. The topological polar surface area (TPSA) is 53.6 Å². The van der Waals surface area contributed by atoms with E-state index in [4.69, 9.17) is 4.74 Å². The highest BCUT2D eigenvalue weighted by Crippen LogP contribution is 2.19. The number of piperidine rings is 1. The fraction of sp³-hybridized carbons (Fsp3) is 0.929. The standard InChI is InChI=1S/C14H29N3O2/c1-4-15-12(2)13-6-5-8-17(10-13)11-14(18)16-7-9-19-3/h12-13,15H,4-11H2,1-3H3,(H,16,18). The Morgan fingerprint density at radius 3 is 3.00 bits per heavy atom. The van der Waals surface area contributed by atoms with Crippen LogP contribution in [0.2, 0.25) is 0 Å². The van der Waals surface area contributed by atoms with E-state index in [1.807, 2.05) is 0 Å². The van der Waals surface area contributed by atoms with Crippen molar-refractivity contribution < 1.29 is 9.53 Å². The van der Waals surface area contributed by atoms with Crippen LogP contribution in [-0.2, 0) is 9.53 Å². The van der Waals surface area contributed by atoms with Crippen molar-refractivity contribution >= 4 is 5.91 Å². The molecule has 1 amide bonds. The number of hydrogen-bond donors (Lipinski definition) is 2. The van der Waals surface area contributed by atoms with E-state index in [0.717, 1.165) is 19.6 Å². The van der Waals surface area contributed by atoms with Crippen LogP contribution in [0.3, 0.4) is 0 Å². The molecule has 1 rings (SSSR count). The van der Waals surface area contributed by atoms with E-state index in [-0.39, 0.29) is 5.91 Å². The molecule has 5 heteroatoms. The van der Waals surface area contributed by atoms with Crippen molar-refractivity contribution in [1.29, 1.82) is 0 Å². The van der Waals surface area contributed by atoms with Crippen LogP contribution in [-0.4, -0.2) is 63.3 Å². The summed E-state index contributed by atoms with van der Waals surface area (Å²) in [5, 5.41) is 6.37. The van der Waals surface area contributed by atoms with Gasteiger partial charge in [-0.25, -0.2) is 0 Å². The average molecular weight is 271 g/mol. The van der Waals surface area contributed by atoms with E-state index in [0.29, 0.717) is 31.7 Å². The average Bonchev–Trinajstić information content (AvgIpc) is 2.39. The lowest BCUT2D eigenvalue weighted by atomic mass is 9.91. The maximum Gasteiger partial charge on any atom is 0.234 e. The normalized spacial score (nSPS) is 22.2. The van der Waals surface area contributed by atoms with E-state index >= 15 is 0 Å². The van der Waals surface area contributed by atoms with E-state index in [1.54, 1.807) is 7.11 Å². The van der Waals surface area contributed by atoms with Crippen molar-refractivity contribution in [2.24, 2.45) is 5.92 Å². The van der Waals surface area contributed by atoms with Crippen molar-refractivity contribution in [3.05, 3.63) is 0 Å². The van der Waals surface area contributed by atoms with Gasteiger partial charge in [0, 0.05) is 26.2 Å². The molecule has 19 heavy (non-hydrogen) atoms. The minimum absolute atomic E-state index is 0.105. The van der Waals surface area contributed by atoms with Crippen molar-refractivity contribution in [2.45, 2.75) is 32.7 Å². The van der Waals surface area contributed by atoms with Gasteiger partial charge in [0.15, 0.2) is 0 Å². The summed E-state index contributed by atoms with van der Waals surface area (Å²) in [5.74, 6) is 0.759. The molecule has 0 bridgehead atoms. The minimum atomic E-state index is 0.105. The zero-order valence-electron chi connectivity index (χ0n) is 12.6. The Morgan fingerprint density at radius 2 is 2.32 bits per heavy atom. The number of ether oxygens (including phenoxy) is 1. The van der Waals surface area contributed by atoms with Gasteiger partial charge < -0.3 is 15.4 Å². The molecule has 1 saturated heterocycles. The number of hydrogen-bond acceptors (Lipinski definition) is 4. The Labute approximate surface area is 117 Å². The largest absolute Gasteiger partial charge is 0.383 e. The zero-order chi connectivity index (χ0) is 14.1. The molecule has 0 aromatic rings. The summed E-state index contributed by atoms with van der Waals surface area (Å²) in [5.41, 5.74) is 0. The second-order valence-corrected chi connectivity index (χ2v) is 5.33. The van der Waals surface area contributed by atoms with Crippen molar-refractivity contribution in [2.75, 3.05) is 46.4 Å². The van der Waals surface area contributed by atoms with Crippen LogP contribution >= 0.6 is 0 Å². The predicted octanol–water partition coefficient (Wildman–Crippen LogP) is 0.459. The molecule has 5 nitrogen and oxygen atoms in total. The Kier molecular flexibility index (Phi) is 8.02. The van der Waals surface area contributed by atoms with Gasteiger partial charge in [0.25, 0.3) is 0 Å². The highest BCUT2D eigenvalue weighted by atomic mass is 16.5. The lowest BCUT2D eigenvalue weighted by Crippen LogP contribution is -2.47. The lowest BCUT2D eigenvalue weighted by molar-refractivity contribution is -0.122. The number of nitrogens with zero attached hydrogens (tertiary/aromatic N) is 1. The second kappa shape index (κ2) is 9.28. The summed E-state index contributed by atoms with van der Waals surface area (Å²) in [4.78, 5) is 14.0. The fourth-order valence-corrected chi connectivity index (χ4v) is 2.68. The smallest absolute Gasteiger partial charge is 0.234 e. The van der Waals surface area contributed by atoms with Crippen LogP contribution in [0.4, 0.5) is 0 Å². The second-order valence-electron chi connectivity index (χ2n) is 5.33. The minimum Gasteiger partial charge on any atom is -0.383 e. The van der Waals surface area contributed by atoms with Gasteiger partial charge >= 0.3 is 0 Å². The molecule has 2 unspecified atom stereocenters. The number of methoxy groups -OCH3 is 1. The molecule has 1 heterocycles. The number of rotatable bonds is 8. The summed E-state index contributed by atoms with van der Waals surface area (Å²) < 4.78 is 4.92. The molecule has 0 aliphatic carbocycles. The molecule has 2 atom stereocenters. The molecular weight excluding hydrogens is 242 g/mol. The van der Waals surface area contributed by atoms with Gasteiger partial charge in [0.2, 0.25) is 5.91 Å². The van der Waals surface area contributed by atoms with Gasteiger partial charge in [0.1, 0.15) is 0 Å². The maximum absolute atomic E-state index is 11.8. The van der Waals surface area contributed by atoms with Gasteiger partial charge in [-0.2, -0.15) is 0 Å². The molecule has 0 radical (unpaired) electrons. The highest BCUT2D eigenvalue weighted by Gasteiger charge is 2.25. The molecule has 0 aromatic carbocycles. The predicted molar refractivity (Wildman–Crippen MR) is 77.2 cm³/mol.